The summed E-state index contributed by atoms with van der Waals surface area (Å²) in [4.78, 5) is 6.91. The maximum absolute atomic E-state index is 5.44. The Morgan fingerprint density at radius 1 is 1.64 bits per heavy atom. The predicted molar refractivity (Wildman–Crippen MR) is 63.6 cm³/mol. The third kappa shape index (κ3) is 2.96. The van der Waals surface area contributed by atoms with Crippen LogP contribution in [-0.4, -0.2) is 23.6 Å². The summed E-state index contributed by atoms with van der Waals surface area (Å²) in [6.45, 7) is 2.85. The second-order valence-electron chi connectivity index (χ2n) is 3.28. The SMILES string of the molecule is Cc1cccnc1N(C)CCC(N)=S. The molecule has 0 saturated carbocycles. The van der Waals surface area contributed by atoms with Crippen LogP contribution in [-0.2, 0) is 0 Å². The molecule has 76 valence electrons. The van der Waals surface area contributed by atoms with Crippen LogP contribution >= 0.6 is 12.2 Å². The van der Waals surface area contributed by atoms with E-state index in [-0.39, 0.29) is 0 Å². The average molecular weight is 209 g/mol. The number of pyridine rings is 1. The van der Waals surface area contributed by atoms with Crippen molar-refractivity contribution in [3.05, 3.63) is 23.9 Å². The molecule has 0 saturated heterocycles. The summed E-state index contributed by atoms with van der Waals surface area (Å²) in [6, 6.07) is 3.97. The van der Waals surface area contributed by atoms with Gasteiger partial charge in [-0.3, -0.25) is 0 Å². The molecule has 1 heterocycles. The largest absolute Gasteiger partial charge is 0.393 e. The summed E-state index contributed by atoms with van der Waals surface area (Å²) in [5.74, 6) is 0.990. The number of rotatable bonds is 4. The Morgan fingerprint density at radius 2 is 2.36 bits per heavy atom. The second-order valence-corrected chi connectivity index (χ2v) is 3.81. The highest BCUT2D eigenvalue weighted by Gasteiger charge is 2.04. The maximum atomic E-state index is 5.44. The molecule has 2 N–H and O–H groups in total. The summed E-state index contributed by atoms with van der Waals surface area (Å²) in [5, 5.41) is 0. The molecule has 0 bridgehead atoms. The number of hydrogen-bond acceptors (Lipinski definition) is 3. The summed E-state index contributed by atoms with van der Waals surface area (Å²) in [5.41, 5.74) is 6.61. The smallest absolute Gasteiger partial charge is 0.131 e. The van der Waals surface area contributed by atoms with E-state index in [1.54, 1.807) is 6.20 Å². The fourth-order valence-corrected chi connectivity index (χ4v) is 1.35. The van der Waals surface area contributed by atoms with Crippen LogP contribution in [0.3, 0.4) is 0 Å². The summed E-state index contributed by atoms with van der Waals surface area (Å²) >= 11 is 4.83. The number of aryl methyl sites for hydroxylation is 1. The zero-order chi connectivity index (χ0) is 10.6. The minimum atomic E-state index is 0.547. The third-order valence-electron chi connectivity index (χ3n) is 2.04. The van der Waals surface area contributed by atoms with E-state index < -0.39 is 0 Å². The highest BCUT2D eigenvalue weighted by molar-refractivity contribution is 7.80. The van der Waals surface area contributed by atoms with Crippen LogP contribution in [0.1, 0.15) is 12.0 Å². The van der Waals surface area contributed by atoms with Crippen LogP contribution < -0.4 is 10.6 Å². The summed E-state index contributed by atoms with van der Waals surface area (Å²) in [6.07, 6.45) is 2.52. The summed E-state index contributed by atoms with van der Waals surface area (Å²) in [7, 11) is 1.99. The van der Waals surface area contributed by atoms with Gasteiger partial charge in [0.2, 0.25) is 0 Å². The van der Waals surface area contributed by atoms with Crippen molar-refractivity contribution in [2.24, 2.45) is 5.73 Å². The van der Waals surface area contributed by atoms with Crippen molar-refractivity contribution in [3.8, 4) is 0 Å². The lowest BCUT2D eigenvalue weighted by Crippen LogP contribution is -2.24. The zero-order valence-electron chi connectivity index (χ0n) is 8.53. The van der Waals surface area contributed by atoms with E-state index in [0.717, 1.165) is 24.3 Å². The number of aromatic nitrogens is 1. The van der Waals surface area contributed by atoms with Gasteiger partial charge < -0.3 is 10.6 Å². The normalized spacial score (nSPS) is 9.86. The van der Waals surface area contributed by atoms with Gasteiger partial charge in [0.1, 0.15) is 5.82 Å². The lowest BCUT2D eigenvalue weighted by molar-refractivity contribution is 0.892. The van der Waals surface area contributed by atoms with Crippen molar-refractivity contribution < 1.29 is 0 Å². The van der Waals surface area contributed by atoms with Crippen molar-refractivity contribution in [1.82, 2.24) is 4.98 Å². The van der Waals surface area contributed by atoms with Crippen LogP contribution in [0, 0.1) is 6.92 Å². The van der Waals surface area contributed by atoms with E-state index in [9.17, 15) is 0 Å². The minimum Gasteiger partial charge on any atom is -0.393 e. The Morgan fingerprint density at radius 3 is 2.93 bits per heavy atom. The van der Waals surface area contributed by atoms with Gasteiger partial charge in [-0.05, 0) is 18.6 Å². The topological polar surface area (TPSA) is 42.2 Å². The molecule has 0 radical (unpaired) electrons. The molecule has 3 nitrogen and oxygen atoms in total. The molecule has 0 spiro atoms. The summed E-state index contributed by atoms with van der Waals surface area (Å²) < 4.78 is 0. The van der Waals surface area contributed by atoms with Gasteiger partial charge in [-0.1, -0.05) is 18.3 Å². The van der Waals surface area contributed by atoms with E-state index in [4.69, 9.17) is 18.0 Å². The molecule has 0 aliphatic heterocycles. The average Bonchev–Trinajstić information content (AvgIpc) is 2.15. The highest BCUT2D eigenvalue weighted by Crippen LogP contribution is 2.13. The van der Waals surface area contributed by atoms with Crippen molar-refractivity contribution in [3.63, 3.8) is 0 Å². The van der Waals surface area contributed by atoms with E-state index in [1.165, 1.54) is 0 Å². The molecule has 0 atom stereocenters. The first-order chi connectivity index (χ1) is 6.61. The highest BCUT2D eigenvalue weighted by atomic mass is 32.1. The molecule has 1 aromatic heterocycles. The van der Waals surface area contributed by atoms with Gasteiger partial charge in [0.05, 0.1) is 4.99 Å². The Balaban J connectivity index is 2.65. The molecule has 0 aliphatic rings. The standard InChI is InChI=1S/C10H15N3S/c1-8-4-3-6-12-10(8)13(2)7-5-9(11)14/h3-4,6H,5,7H2,1-2H3,(H2,11,14). The molecule has 1 aromatic rings. The van der Waals surface area contributed by atoms with E-state index in [0.29, 0.717) is 4.99 Å². The molecule has 4 heteroatoms. The monoisotopic (exact) mass is 209 g/mol. The third-order valence-corrected chi connectivity index (χ3v) is 2.24. The molecule has 0 amide bonds. The molecule has 0 aromatic carbocycles. The number of nitrogens with two attached hydrogens (primary N) is 1. The van der Waals surface area contributed by atoms with E-state index in [1.807, 2.05) is 26.1 Å². The van der Waals surface area contributed by atoms with Crippen LogP contribution in [0.4, 0.5) is 5.82 Å². The predicted octanol–water partition coefficient (Wildman–Crippen LogP) is 1.50. The van der Waals surface area contributed by atoms with Crippen LogP contribution in [0.25, 0.3) is 0 Å². The van der Waals surface area contributed by atoms with Crippen LogP contribution in [0.2, 0.25) is 0 Å². The fraction of sp³-hybridized carbons (Fsp3) is 0.400. The first-order valence-corrected chi connectivity index (χ1v) is 4.93. The lowest BCUT2D eigenvalue weighted by Gasteiger charge is -2.19. The number of hydrogen-bond donors (Lipinski definition) is 1. The van der Waals surface area contributed by atoms with Gasteiger partial charge in [-0.2, -0.15) is 0 Å². The first-order valence-electron chi connectivity index (χ1n) is 4.52. The lowest BCUT2D eigenvalue weighted by atomic mass is 10.2. The van der Waals surface area contributed by atoms with Gasteiger partial charge in [0.25, 0.3) is 0 Å². The number of thiocarbonyl (C=S) groups is 1. The Kier molecular flexibility index (Phi) is 3.83. The van der Waals surface area contributed by atoms with Crippen molar-refractivity contribution in [2.75, 3.05) is 18.5 Å². The van der Waals surface area contributed by atoms with Gasteiger partial charge in [-0.25, -0.2) is 4.98 Å². The quantitative estimate of drug-likeness (QED) is 0.763. The minimum absolute atomic E-state index is 0.547. The van der Waals surface area contributed by atoms with Gasteiger partial charge in [-0.15, -0.1) is 0 Å². The molecule has 0 aliphatic carbocycles. The Hall–Kier alpha value is -1.16. The molecule has 1 rings (SSSR count). The van der Waals surface area contributed by atoms with Crippen molar-refractivity contribution >= 4 is 23.0 Å². The zero-order valence-corrected chi connectivity index (χ0v) is 9.34. The molecule has 0 fully saturated rings. The maximum Gasteiger partial charge on any atom is 0.131 e. The number of nitrogens with zero attached hydrogens (tertiary/aromatic N) is 2. The van der Waals surface area contributed by atoms with Gasteiger partial charge in [0.15, 0.2) is 0 Å². The molecule has 0 unspecified atom stereocenters. The molecular formula is C10H15N3S. The molecule has 14 heavy (non-hydrogen) atoms. The van der Waals surface area contributed by atoms with Gasteiger partial charge >= 0.3 is 0 Å². The Labute approximate surface area is 89.9 Å². The van der Waals surface area contributed by atoms with Crippen molar-refractivity contribution in [2.45, 2.75) is 13.3 Å². The fourth-order valence-electron chi connectivity index (χ4n) is 1.26. The van der Waals surface area contributed by atoms with Crippen molar-refractivity contribution in [1.29, 1.82) is 0 Å². The molecular weight excluding hydrogens is 194 g/mol. The Bertz CT molecular complexity index is 325. The second kappa shape index (κ2) is 4.91. The van der Waals surface area contributed by atoms with E-state index >= 15 is 0 Å². The van der Waals surface area contributed by atoms with E-state index in [2.05, 4.69) is 9.88 Å². The van der Waals surface area contributed by atoms with Crippen LogP contribution in [0.15, 0.2) is 18.3 Å². The number of anilines is 1. The van der Waals surface area contributed by atoms with Crippen LogP contribution in [0.5, 0.6) is 0 Å². The van der Waals surface area contributed by atoms with Gasteiger partial charge in [0, 0.05) is 26.2 Å². The first kappa shape index (κ1) is 10.9.